The molecule has 0 aromatic heterocycles. The number of para-hydroxylation sites is 2. The molecule has 0 atom stereocenters. The van der Waals surface area contributed by atoms with Gasteiger partial charge >= 0.3 is 0 Å². The number of carbonyl (C=O) groups is 3. The van der Waals surface area contributed by atoms with E-state index in [9.17, 15) is 14.4 Å². The van der Waals surface area contributed by atoms with Crippen LogP contribution in [0.4, 0.5) is 5.69 Å². The lowest BCUT2D eigenvalue weighted by Crippen LogP contribution is -2.37. The molecule has 5 rings (SSSR count). The number of Topliss-reactive ketones (excluding diaryl/α,β-unsaturated/α-hetero) is 2. The number of hydrogen-bond donors (Lipinski definition) is 1. The van der Waals surface area contributed by atoms with E-state index >= 15 is 0 Å². The summed E-state index contributed by atoms with van der Waals surface area (Å²) in [7, 11) is 1.98. The summed E-state index contributed by atoms with van der Waals surface area (Å²) in [4.78, 5) is 41.0. The van der Waals surface area contributed by atoms with Crippen LogP contribution in [0.15, 0.2) is 77.1 Å². The van der Waals surface area contributed by atoms with Crippen molar-refractivity contribution in [1.82, 2.24) is 4.90 Å². The molecule has 3 aliphatic rings. The van der Waals surface area contributed by atoms with Crippen LogP contribution < -0.4 is 10.1 Å². The summed E-state index contributed by atoms with van der Waals surface area (Å²) in [6.45, 7) is -0.168. The number of nitrogens with zero attached hydrogens (tertiary/aromatic N) is 1. The number of carbonyl (C=O) groups excluding carboxylic acids is 3. The number of anilines is 1. The molecule has 2 aromatic carbocycles. The van der Waals surface area contributed by atoms with E-state index in [1.807, 2.05) is 61.6 Å². The van der Waals surface area contributed by atoms with Gasteiger partial charge in [-0.15, -0.1) is 0 Å². The first-order valence-corrected chi connectivity index (χ1v) is 11.9. The number of amides is 1. The number of allylic oxidation sites excluding steroid dienone is 4. The van der Waals surface area contributed by atoms with Crippen LogP contribution in [0.2, 0.25) is 0 Å². The van der Waals surface area contributed by atoms with Crippen molar-refractivity contribution in [2.24, 2.45) is 0 Å². The van der Waals surface area contributed by atoms with E-state index in [0.717, 1.165) is 42.6 Å². The summed E-state index contributed by atoms with van der Waals surface area (Å²) in [5.41, 5.74) is 4.94. The highest BCUT2D eigenvalue weighted by atomic mass is 16.5. The average Bonchev–Trinajstić information content (AvgIpc) is 2.85. The summed E-state index contributed by atoms with van der Waals surface area (Å²) in [6, 6.07) is 16.7. The van der Waals surface area contributed by atoms with Gasteiger partial charge in [-0.1, -0.05) is 36.4 Å². The number of nitrogens with one attached hydrogen (secondary N) is 1. The molecule has 0 spiro atoms. The molecular formula is C28H28N2O4. The highest BCUT2D eigenvalue weighted by Gasteiger charge is 2.43. The van der Waals surface area contributed by atoms with Crippen LogP contribution in [0.3, 0.4) is 0 Å². The monoisotopic (exact) mass is 456 g/mol. The van der Waals surface area contributed by atoms with Gasteiger partial charge in [-0.2, -0.15) is 0 Å². The maximum Gasteiger partial charge on any atom is 0.262 e. The maximum atomic E-state index is 13.2. The summed E-state index contributed by atoms with van der Waals surface area (Å²) >= 11 is 0. The second-order valence-corrected chi connectivity index (χ2v) is 9.01. The quantitative estimate of drug-likeness (QED) is 0.703. The second-order valence-electron chi connectivity index (χ2n) is 9.01. The second kappa shape index (κ2) is 9.29. The van der Waals surface area contributed by atoms with E-state index in [2.05, 4.69) is 10.2 Å². The standard InChI is InChI=1S/C28H28N2O4/c1-30-20-12-7-14-22(31)27(20)26(28-21(30)13-8-15-23(28)32)19-11-5-6-16-24(19)34-17-25(33)29-18-9-3-2-4-10-18/h2-6,9-11,16,26H,7-8,12-15,17H2,1H3,(H,29,33). The topological polar surface area (TPSA) is 75.7 Å². The Kier molecular flexibility index (Phi) is 6.05. The minimum Gasteiger partial charge on any atom is -0.483 e. The Hall–Kier alpha value is -3.67. The van der Waals surface area contributed by atoms with Gasteiger partial charge in [0.1, 0.15) is 5.75 Å². The van der Waals surface area contributed by atoms with E-state index in [1.165, 1.54) is 0 Å². The molecule has 2 aliphatic carbocycles. The molecule has 0 saturated carbocycles. The van der Waals surface area contributed by atoms with Crippen LogP contribution >= 0.6 is 0 Å². The van der Waals surface area contributed by atoms with Gasteiger partial charge in [0.2, 0.25) is 0 Å². The molecule has 0 unspecified atom stereocenters. The third-order valence-corrected chi connectivity index (χ3v) is 6.89. The van der Waals surface area contributed by atoms with E-state index in [4.69, 9.17) is 4.74 Å². The highest BCUT2D eigenvalue weighted by molar-refractivity contribution is 6.06. The van der Waals surface area contributed by atoms with E-state index in [0.29, 0.717) is 35.4 Å². The predicted molar refractivity (Wildman–Crippen MR) is 129 cm³/mol. The van der Waals surface area contributed by atoms with Crippen LogP contribution in [0.25, 0.3) is 0 Å². The first-order valence-electron chi connectivity index (χ1n) is 11.9. The molecule has 0 radical (unpaired) electrons. The van der Waals surface area contributed by atoms with Crippen molar-refractivity contribution in [1.29, 1.82) is 0 Å². The SMILES string of the molecule is CN1C2=C(C(=O)CCC2)C(c2ccccc2OCC(=O)Nc2ccccc2)C2=C1CCCC2=O. The molecule has 0 bridgehead atoms. The fourth-order valence-corrected chi connectivity index (χ4v) is 5.38. The summed E-state index contributed by atoms with van der Waals surface area (Å²) < 4.78 is 5.99. The van der Waals surface area contributed by atoms with Gasteiger partial charge in [0.25, 0.3) is 5.91 Å². The number of ketones is 2. The Morgan fingerprint density at radius 2 is 1.47 bits per heavy atom. The van der Waals surface area contributed by atoms with Crippen LogP contribution in [-0.4, -0.2) is 36.0 Å². The van der Waals surface area contributed by atoms with E-state index in [1.54, 1.807) is 0 Å². The molecule has 174 valence electrons. The van der Waals surface area contributed by atoms with Gasteiger partial charge < -0.3 is 15.0 Å². The van der Waals surface area contributed by atoms with Crippen LogP contribution in [-0.2, 0) is 14.4 Å². The third kappa shape index (κ3) is 4.04. The zero-order chi connectivity index (χ0) is 23.7. The van der Waals surface area contributed by atoms with Crippen molar-refractivity contribution in [3.05, 3.63) is 82.7 Å². The van der Waals surface area contributed by atoms with E-state index in [-0.39, 0.29) is 24.1 Å². The van der Waals surface area contributed by atoms with E-state index < -0.39 is 5.92 Å². The Balaban J connectivity index is 1.50. The zero-order valence-corrected chi connectivity index (χ0v) is 19.3. The van der Waals surface area contributed by atoms with Crippen molar-refractivity contribution < 1.29 is 19.1 Å². The molecule has 6 nitrogen and oxygen atoms in total. The van der Waals surface area contributed by atoms with Gasteiger partial charge in [-0.3, -0.25) is 14.4 Å². The van der Waals surface area contributed by atoms with Gasteiger partial charge in [-0.05, 0) is 43.9 Å². The van der Waals surface area contributed by atoms with Crippen molar-refractivity contribution in [2.75, 3.05) is 19.0 Å². The first-order chi connectivity index (χ1) is 16.5. The number of rotatable bonds is 5. The van der Waals surface area contributed by atoms with Crippen molar-refractivity contribution >= 4 is 23.2 Å². The van der Waals surface area contributed by atoms with Crippen molar-refractivity contribution in [2.45, 2.75) is 44.4 Å². The normalized spacial score (nSPS) is 18.6. The molecule has 0 saturated heterocycles. The molecule has 1 amide bonds. The van der Waals surface area contributed by atoms with Crippen molar-refractivity contribution in [3.8, 4) is 5.75 Å². The van der Waals surface area contributed by atoms with Crippen LogP contribution in [0.1, 0.15) is 50.0 Å². The zero-order valence-electron chi connectivity index (χ0n) is 19.3. The minimum absolute atomic E-state index is 0.0969. The Morgan fingerprint density at radius 1 is 0.882 bits per heavy atom. The molecule has 34 heavy (non-hydrogen) atoms. The lowest BCUT2D eigenvalue weighted by atomic mass is 9.71. The number of ether oxygens (including phenoxy) is 1. The molecule has 1 heterocycles. The average molecular weight is 457 g/mol. The maximum absolute atomic E-state index is 13.2. The van der Waals surface area contributed by atoms with Crippen LogP contribution in [0.5, 0.6) is 5.75 Å². The summed E-state index contributed by atoms with van der Waals surface area (Å²) in [5.74, 6) is -0.00290. The molecular weight excluding hydrogens is 428 g/mol. The van der Waals surface area contributed by atoms with Crippen molar-refractivity contribution in [3.63, 3.8) is 0 Å². The fraction of sp³-hybridized carbons (Fsp3) is 0.321. The smallest absolute Gasteiger partial charge is 0.262 e. The van der Waals surface area contributed by atoms with Crippen LogP contribution in [0, 0.1) is 0 Å². The Bertz CT molecular complexity index is 1170. The highest BCUT2D eigenvalue weighted by Crippen LogP contribution is 2.50. The fourth-order valence-electron chi connectivity index (χ4n) is 5.38. The number of benzene rings is 2. The first kappa shape index (κ1) is 22.1. The minimum atomic E-state index is -0.449. The van der Waals surface area contributed by atoms with Gasteiger partial charge in [0, 0.05) is 59.6 Å². The summed E-state index contributed by atoms with van der Waals surface area (Å²) in [5, 5.41) is 2.82. The predicted octanol–water partition coefficient (Wildman–Crippen LogP) is 4.75. The third-order valence-electron chi connectivity index (χ3n) is 6.89. The molecule has 0 fully saturated rings. The lowest BCUT2D eigenvalue weighted by Gasteiger charge is -2.42. The largest absolute Gasteiger partial charge is 0.483 e. The Morgan fingerprint density at radius 3 is 2.12 bits per heavy atom. The van der Waals surface area contributed by atoms with Gasteiger partial charge in [-0.25, -0.2) is 0 Å². The molecule has 1 aliphatic heterocycles. The molecule has 6 heteroatoms. The molecule has 2 aromatic rings. The number of hydrogen-bond acceptors (Lipinski definition) is 5. The lowest BCUT2D eigenvalue weighted by molar-refractivity contribution is -0.119. The van der Waals surface area contributed by atoms with Gasteiger partial charge in [0.05, 0.1) is 0 Å². The molecule has 1 N–H and O–H groups in total. The Labute approximate surface area is 199 Å². The van der Waals surface area contributed by atoms with Gasteiger partial charge in [0.15, 0.2) is 18.2 Å². The summed E-state index contributed by atoms with van der Waals surface area (Å²) in [6.07, 6.45) is 4.26.